The van der Waals surface area contributed by atoms with E-state index in [2.05, 4.69) is 45.8 Å². The second kappa shape index (κ2) is 7.20. The van der Waals surface area contributed by atoms with E-state index in [1.54, 1.807) is 25.6 Å². The quantitative estimate of drug-likeness (QED) is 0.407. The summed E-state index contributed by atoms with van der Waals surface area (Å²) in [5.41, 5.74) is 3.45. The number of anilines is 3. The maximum Gasteiger partial charge on any atom is 0.242 e. The number of nitrogens with zero attached hydrogens (tertiary/aromatic N) is 8. The topological polar surface area (TPSA) is 135 Å². The predicted molar refractivity (Wildman–Crippen MR) is 112 cm³/mol. The fourth-order valence-electron chi connectivity index (χ4n) is 3.11. The minimum Gasteiger partial charge on any atom is -0.357 e. The lowest BCUT2D eigenvalue weighted by atomic mass is 10.1. The van der Waals surface area contributed by atoms with Crippen LogP contribution in [0.25, 0.3) is 28.1 Å². The monoisotopic (exact) mass is 399 g/mol. The number of H-pyrrole nitrogens is 1. The smallest absolute Gasteiger partial charge is 0.242 e. The lowest BCUT2D eigenvalue weighted by Crippen LogP contribution is -2.10. The van der Waals surface area contributed by atoms with Crippen molar-refractivity contribution >= 4 is 28.7 Å². The van der Waals surface area contributed by atoms with Crippen LogP contribution in [0.2, 0.25) is 0 Å². The van der Waals surface area contributed by atoms with Gasteiger partial charge in [0.05, 0.1) is 11.0 Å². The first kappa shape index (κ1) is 17.7. The van der Waals surface area contributed by atoms with E-state index in [4.69, 9.17) is 4.98 Å². The van der Waals surface area contributed by atoms with Crippen molar-refractivity contribution in [1.82, 2.24) is 44.7 Å². The van der Waals surface area contributed by atoms with Crippen LogP contribution in [0.5, 0.6) is 0 Å². The van der Waals surface area contributed by atoms with Crippen LogP contribution in [-0.2, 0) is 0 Å². The highest BCUT2D eigenvalue weighted by Gasteiger charge is 2.18. The SMILES string of the molecule is CNc1nc(C)nc(-n2c(Nc3cc[nH]n3)nc3ccc(-c4cncnc4)cc32)n1. The highest BCUT2D eigenvalue weighted by atomic mass is 15.3. The van der Waals surface area contributed by atoms with E-state index in [0.717, 1.165) is 22.2 Å². The van der Waals surface area contributed by atoms with Crippen molar-refractivity contribution in [3.05, 3.63) is 55.0 Å². The fourth-order valence-corrected chi connectivity index (χ4v) is 3.11. The normalized spacial score (nSPS) is 11.0. The fraction of sp³-hybridized carbons (Fsp3) is 0.105. The second-order valence-electron chi connectivity index (χ2n) is 6.44. The van der Waals surface area contributed by atoms with Crippen molar-refractivity contribution in [3.63, 3.8) is 0 Å². The molecule has 0 atom stereocenters. The van der Waals surface area contributed by atoms with Crippen molar-refractivity contribution in [2.75, 3.05) is 17.7 Å². The molecule has 0 amide bonds. The molecular weight excluding hydrogens is 382 g/mol. The molecule has 4 heterocycles. The lowest BCUT2D eigenvalue weighted by Gasteiger charge is -2.10. The molecule has 0 saturated carbocycles. The van der Waals surface area contributed by atoms with Gasteiger partial charge in [0.1, 0.15) is 12.2 Å². The van der Waals surface area contributed by atoms with Crippen LogP contribution in [0.4, 0.5) is 17.7 Å². The Hall–Kier alpha value is -4.41. The van der Waals surface area contributed by atoms with Crippen LogP contribution in [-0.4, -0.2) is 51.7 Å². The molecule has 30 heavy (non-hydrogen) atoms. The number of hydrogen-bond donors (Lipinski definition) is 3. The van der Waals surface area contributed by atoms with Gasteiger partial charge in [0, 0.05) is 37.3 Å². The van der Waals surface area contributed by atoms with E-state index in [1.807, 2.05) is 35.8 Å². The average molecular weight is 399 g/mol. The van der Waals surface area contributed by atoms with Crippen molar-refractivity contribution in [2.24, 2.45) is 0 Å². The molecule has 0 unspecified atom stereocenters. The van der Waals surface area contributed by atoms with Gasteiger partial charge in [-0.2, -0.15) is 20.1 Å². The number of fused-ring (bicyclic) bond motifs is 1. The number of benzene rings is 1. The maximum absolute atomic E-state index is 4.73. The lowest BCUT2D eigenvalue weighted by molar-refractivity contribution is 0.887. The van der Waals surface area contributed by atoms with Gasteiger partial charge in [-0.1, -0.05) is 6.07 Å². The Balaban J connectivity index is 1.74. The molecule has 0 aliphatic carbocycles. The number of rotatable bonds is 5. The number of hydrogen-bond acceptors (Lipinski definition) is 9. The van der Waals surface area contributed by atoms with E-state index in [0.29, 0.717) is 29.5 Å². The van der Waals surface area contributed by atoms with Crippen molar-refractivity contribution < 1.29 is 0 Å². The molecule has 0 aliphatic heterocycles. The molecule has 0 fully saturated rings. The van der Waals surface area contributed by atoms with Crippen LogP contribution in [0, 0.1) is 6.92 Å². The Bertz CT molecular complexity index is 1310. The van der Waals surface area contributed by atoms with Crippen LogP contribution in [0.15, 0.2) is 49.2 Å². The molecule has 0 bridgehead atoms. The Morgan fingerprint density at radius 3 is 2.60 bits per heavy atom. The molecule has 11 nitrogen and oxygen atoms in total. The summed E-state index contributed by atoms with van der Waals surface area (Å²) in [6.07, 6.45) is 6.77. The van der Waals surface area contributed by atoms with Crippen molar-refractivity contribution in [2.45, 2.75) is 6.92 Å². The zero-order chi connectivity index (χ0) is 20.5. The average Bonchev–Trinajstić information content (AvgIpc) is 3.41. The molecule has 5 rings (SSSR count). The maximum atomic E-state index is 4.73. The van der Waals surface area contributed by atoms with E-state index in [-0.39, 0.29) is 0 Å². The molecule has 1 aromatic carbocycles. The third-order valence-electron chi connectivity index (χ3n) is 4.45. The van der Waals surface area contributed by atoms with E-state index in [1.165, 1.54) is 6.33 Å². The first-order valence-electron chi connectivity index (χ1n) is 9.17. The van der Waals surface area contributed by atoms with Crippen LogP contribution in [0.3, 0.4) is 0 Å². The summed E-state index contributed by atoms with van der Waals surface area (Å²) in [5.74, 6) is 2.66. The summed E-state index contributed by atoms with van der Waals surface area (Å²) in [6.45, 7) is 1.82. The molecule has 148 valence electrons. The third-order valence-corrected chi connectivity index (χ3v) is 4.45. The van der Waals surface area contributed by atoms with Gasteiger partial charge < -0.3 is 10.6 Å². The molecule has 3 N–H and O–H groups in total. The Labute approximate surface area is 170 Å². The van der Waals surface area contributed by atoms with Gasteiger partial charge in [0.15, 0.2) is 5.82 Å². The number of imidazole rings is 1. The summed E-state index contributed by atoms with van der Waals surface area (Å²) in [4.78, 5) is 26.3. The van der Waals surface area contributed by atoms with E-state index in [9.17, 15) is 0 Å². The first-order chi connectivity index (χ1) is 14.7. The summed E-state index contributed by atoms with van der Waals surface area (Å²) in [7, 11) is 1.76. The molecule has 11 heteroatoms. The van der Waals surface area contributed by atoms with Gasteiger partial charge >= 0.3 is 0 Å². The minimum absolute atomic E-state index is 0.439. The van der Waals surface area contributed by atoms with Crippen LogP contribution >= 0.6 is 0 Å². The van der Waals surface area contributed by atoms with Crippen LogP contribution < -0.4 is 10.6 Å². The highest BCUT2D eigenvalue weighted by Crippen LogP contribution is 2.29. The van der Waals surface area contributed by atoms with Gasteiger partial charge in [-0.05, 0) is 24.6 Å². The first-order valence-corrected chi connectivity index (χ1v) is 9.17. The molecular formula is C19H17N11. The van der Waals surface area contributed by atoms with Gasteiger partial charge in [-0.25, -0.2) is 19.5 Å². The van der Waals surface area contributed by atoms with E-state index >= 15 is 0 Å². The Morgan fingerprint density at radius 1 is 0.967 bits per heavy atom. The van der Waals surface area contributed by atoms with Gasteiger partial charge in [0.25, 0.3) is 0 Å². The standard InChI is InChI=1S/C19H17N11/c1-11-24-17(20-2)28-18(25-11)30-15-7-12(13-8-21-10-22-9-13)3-4-14(15)26-19(30)27-16-5-6-23-29-16/h3-10H,1-2H3,(H,20,24,25,28)(H2,23,26,27,29). The Morgan fingerprint density at radius 2 is 1.83 bits per heavy atom. The minimum atomic E-state index is 0.439. The molecule has 5 aromatic rings. The molecule has 0 radical (unpaired) electrons. The summed E-state index contributed by atoms with van der Waals surface area (Å²) >= 11 is 0. The molecule has 0 aliphatic rings. The summed E-state index contributed by atoms with van der Waals surface area (Å²) in [6, 6.07) is 7.74. The second-order valence-corrected chi connectivity index (χ2v) is 6.44. The molecule has 0 saturated heterocycles. The van der Waals surface area contributed by atoms with E-state index < -0.39 is 0 Å². The van der Waals surface area contributed by atoms with Crippen molar-refractivity contribution in [3.8, 4) is 17.1 Å². The number of aromatic nitrogens is 9. The predicted octanol–water partition coefficient (Wildman–Crippen LogP) is 2.48. The number of aryl methyl sites for hydroxylation is 1. The molecule has 0 spiro atoms. The van der Waals surface area contributed by atoms with Gasteiger partial charge in [-0.3, -0.25) is 5.10 Å². The zero-order valence-electron chi connectivity index (χ0n) is 16.2. The van der Waals surface area contributed by atoms with Crippen molar-refractivity contribution in [1.29, 1.82) is 0 Å². The highest BCUT2D eigenvalue weighted by molar-refractivity contribution is 5.86. The van der Waals surface area contributed by atoms with Crippen LogP contribution in [0.1, 0.15) is 5.82 Å². The largest absolute Gasteiger partial charge is 0.357 e. The van der Waals surface area contributed by atoms with Gasteiger partial charge in [0.2, 0.25) is 17.8 Å². The summed E-state index contributed by atoms with van der Waals surface area (Å²) in [5, 5.41) is 13.1. The van der Waals surface area contributed by atoms with Gasteiger partial charge in [-0.15, -0.1) is 0 Å². The summed E-state index contributed by atoms with van der Waals surface area (Å²) < 4.78 is 1.84. The number of nitrogens with one attached hydrogen (secondary N) is 3. The molecule has 4 aromatic heterocycles. The third kappa shape index (κ3) is 3.17. The zero-order valence-corrected chi connectivity index (χ0v) is 16.2. The Kier molecular flexibility index (Phi) is 4.24. The number of aromatic amines is 1.